The predicted octanol–water partition coefficient (Wildman–Crippen LogP) is 4.21. The van der Waals surface area contributed by atoms with E-state index in [9.17, 15) is 0 Å². The van der Waals surface area contributed by atoms with Gasteiger partial charge in [0.25, 0.3) is 0 Å². The molecule has 0 aliphatic carbocycles. The highest BCUT2D eigenvalue weighted by Gasteiger charge is 2.01. The zero-order chi connectivity index (χ0) is 17.6. The van der Waals surface area contributed by atoms with Crippen molar-refractivity contribution in [2.24, 2.45) is 0 Å². The van der Waals surface area contributed by atoms with E-state index in [1.807, 2.05) is 32.3 Å². The van der Waals surface area contributed by atoms with Crippen molar-refractivity contribution in [1.82, 2.24) is 9.97 Å². The Bertz CT molecular complexity index is 827. The van der Waals surface area contributed by atoms with Gasteiger partial charge in [-0.1, -0.05) is 29.8 Å². The van der Waals surface area contributed by atoms with Gasteiger partial charge in [0.2, 0.25) is 0 Å². The van der Waals surface area contributed by atoms with Crippen LogP contribution in [-0.4, -0.2) is 24.1 Å². The minimum atomic E-state index is 0.732. The standard InChI is InChI=1S/C20H23N5/c1-15-5-4-6-16(11-15)13-21-19-12-20(23-14-22-19)24-17-7-9-18(10-8-17)25(2)3/h4-12,14H,13H2,1-3H3,(H2,21,22,23,24). The zero-order valence-corrected chi connectivity index (χ0v) is 14.8. The molecule has 0 fully saturated rings. The normalized spacial score (nSPS) is 10.4. The van der Waals surface area contributed by atoms with Gasteiger partial charge in [0.1, 0.15) is 18.0 Å². The Labute approximate surface area is 148 Å². The van der Waals surface area contributed by atoms with Gasteiger partial charge in [-0.3, -0.25) is 0 Å². The number of hydrogen-bond acceptors (Lipinski definition) is 5. The molecule has 0 radical (unpaired) electrons. The van der Waals surface area contributed by atoms with E-state index in [1.54, 1.807) is 6.33 Å². The molecule has 3 aromatic rings. The van der Waals surface area contributed by atoms with Crippen LogP contribution in [0.1, 0.15) is 11.1 Å². The first-order chi connectivity index (χ1) is 12.1. The molecular weight excluding hydrogens is 310 g/mol. The van der Waals surface area contributed by atoms with E-state index < -0.39 is 0 Å². The number of hydrogen-bond donors (Lipinski definition) is 2. The highest BCUT2D eigenvalue weighted by Crippen LogP contribution is 2.20. The number of nitrogens with zero attached hydrogens (tertiary/aromatic N) is 3. The van der Waals surface area contributed by atoms with E-state index in [2.05, 4.69) is 68.8 Å². The summed E-state index contributed by atoms with van der Waals surface area (Å²) in [5.41, 5.74) is 4.64. The number of anilines is 4. The summed E-state index contributed by atoms with van der Waals surface area (Å²) in [4.78, 5) is 10.6. The summed E-state index contributed by atoms with van der Waals surface area (Å²) in [6.07, 6.45) is 1.56. The Morgan fingerprint density at radius 1 is 0.920 bits per heavy atom. The second-order valence-corrected chi connectivity index (χ2v) is 6.20. The van der Waals surface area contributed by atoms with Crippen LogP contribution in [0.5, 0.6) is 0 Å². The maximum Gasteiger partial charge on any atom is 0.135 e. The molecule has 0 saturated heterocycles. The number of nitrogens with one attached hydrogen (secondary N) is 2. The average Bonchev–Trinajstić information content (AvgIpc) is 2.61. The number of rotatable bonds is 6. The van der Waals surface area contributed by atoms with Gasteiger partial charge >= 0.3 is 0 Å². The second-order valence-electron chi connectivity index (χ2n) is 6.20. The van der Waals surface area contributed by atoms with Gasteiger partial charge in [0.15, 0.2) is 0 Å². The molecule has 0 aliphatic heterocycles. The highest BCUT2D eigenvalue weighted by atomic mass is 15.1. The van der Waals surface area contributed by atoms with Gasteiger partial charge < -0.3 is 15.5 Å². The molecule has 0 spiro atoms. The quantitative estimate of drug-likeness (QED) is 0.708. The van der Waals surface area contributed by atoms with Crippen molar-refractivity contribution < 1.29 is 0 Å². The molecule has 5 nitrogen and oxygen atoms in total. The fourth-order valence-corrected chi connectivity index (χ4v) is 2.53. The molecule has 128 valence electrons. The van der Waals surface area contributed by atoms with E-state index in [-0.39, 0.29) is 0 Å². The third-order valence-corrected chi connectivity index (χ3v) is 3.88. The van der Waals surface area contributed by atoms with Crippen molar-refractivity contribution in [3.05, 3.63) is 72.1 Å². The van der Waals surface area contributed by atoms with Crippen molar-refractivity contribution in [3.63, 3.8) is 0 Å². The van der Waals surface area contributed by atoms with Crippen molar-refractivity contribution in [3.8, 4) is 0 Å². The van der Waals surface area contributed by atoms with E-state index in [0.717, 1.165) is 29.6 Å². The maximum absolute atomic E-state index is 4.29. The smallest absolute Gasteiger partial charge is 0.135 e. The predicted molar refractivity (Wildman–Crippen MR) is 105 cm³/mol. The molecular formula is C20H23N5. The lowest BCUT2D eigenvalue weighted by Crippen LogP contribution is -2.08. The Balaban J connectivity index is 1.64. The van der Waals surface area contributed by atoms with E-state index >= 15 is 0 Å². The van der Waals surface area contributed by atoms with Crippen LogP contribution < -0.4 is 15.5 Å². The Hall–Kier alpha value is -3.08. The van der Waals surface area contributed by atoms with Gasteiger partial charge in [0.05, 0.1) is 0 Å². The first kappa shape index (κ1) is 16.8. The Morgan fingerprint density at radius 3 is 2.40 bits per heavy atom. The Kier molecular flexibility index (Phi) is 5.14. The molecule has 0 unspecified atom stereocenters. The minimum absolute atomic E-state index is 0.732. The van der Waals surface area contributed by atoms with Gasteiger partial charge in [-0.15, -0.1) is 0 Å². The summed E-state index contributed by atoms with van der Waals surface area (Å²) in [5, 5.41) is 6.65. The van der Waals surface area contributed by atoms with Crippen LogP contribution in [0.3, 0.4) is 0 Å². The minimum Gasteiger partial charge on any atom is -0.378 e. The van der Waals surface area contributed by atoms with Crippen LogP contribution in [-0.2, 0) is 6.54 Å². The monoisotopic (exact) mass is 333 g/mol. The first-order valence-corrected chi connectivity index (χ1v) is 8.26. The van der Waals surface area contributed by atoms with Crippen molar-refractivity contribution in [2.45, 2.75) is 13.5 Å². The summed E-state index contributed by atoms with van der Waals surface area (Å²) in [5.74, 6) is 1.56. The third kappa shape index (κ3) is 4.70. The van der Waals surface area contributed by atoms with Crippen molar-refractivity contribution in [2.75, 3.05) is 29.6 Å². The number of aryl methyl sites for hydroxylation is 1. The van der Waals surface area contributed by atoms with Crippen molar-refractivity contribution in [1.29, 1.82) is 0 Å². The fourth-order valence-electron chi connectivity index (χ4n) is 2.53. The second kappa shape index (κ2) is 7.66. The molecule has 0 atom stereocenters. The molecule has 3 rings (SSSR count). The highest BCUT2D eigenvalue weighted by molar-refractivity contribution is 5.62. The molecule has 2 aromatic carbocycles. The summed E-state index contributed by atoms with van der Waals surface area (Å²) in [7, 11) is 4.05. The maximum atomic E-state index is 4.29. The van der Waals surface area contributed by atoms with Crippen LogP contribution in [0, 0.1) is 6.92 Å². The van der Waals surface area contributed by atoms with Crippen LogP contribution in [0.4, 0.5) is 23.0 Å². The van der Waals surface area contributed by atoms with E-state index in [1.165, 1.54) is 11.1 Å². The fraction of sp³-hybridized carbons (Fsp3) is 0.200. The molecule has 2 N–H and O–H groups in total. The molecule has 0 saturated carbocycles. The molecule has 1 heterocycles. The Morgan fingerprint density at radius 2 is 1.68 bits per heavy atom. The van der Waals surface area contributed by atoms with Crippen molar-refractivity contribution >= 4 is 23.0 Å². The van der Waals surface area contributed by atoms with Crippen LogP contribution >= 0.6 is 0 Å². The summed E-state index contributed by atoms with van der Waals surface area (Å²) in [6.45, 7) is 2.83. The van der Waals surface area contributed by atoms with Gasteiger partial charge in [-0.2, -0.15) is 0 Å². The zero-order valence-electron chi connectivity index (χ0n) is 14.8. The summed E-state index contributed by atoms with van der Waals surface area (Å²) in [6, 6.07) is 18.6. The van der Waals surface area contributed by atoms with Crippen LogP contribution in [0.15, 0.2) is 60.9 Å². The van der Waals surface area contributed by atoms with Crippen LogP contribution in [0.25, 0.3) is 0 Å². The topological polar surface area (TPSA) is 53.1 Å². The average molecular weight is 333 g/mol. The first-order valence-electron chi connectivity index (χ1n) is 8.26. The third-order valence-electron chi connectivity index (χ3n) is 3.88. The number of aromatic nitrogens is 2. The van der Waals surface area contributed by atoms with E-state index in [4.69, 9.17) is 0 Å². The lowest BCUT2D eigenvalue weighted by molar-refractivity contribution is 1.08. The molecule has 5 heteroatoms. The van der Waals surface area contributed by atoms with E-state index in [0.29, 0.717) is 0 Å². The molecule has 1 aromatic heterocycles. The molecule has 0 amide bonds. The summed E-state index contributed by atoms with van der Waals surface area (Å²) >= 11 is 0. The lowest BCUT2D eigenvalue weighted by atomic mass is 10.1. The molecule has 25 heavy (non-hydrogen) atoms. The molecule has 0 aliphatic rings. The van der Waals surface area contributed by atoms with Gasteiger partial charge in [0, 0.05) is 38.1 Å². The van der Waals surface area contributed by atoms with Gasteiger partial charge in [-0.25, -0.2) is 9.97 Å². The number of benzene rings is 2. The summed E-state index contributed by atoms with van der Waals surface area (Å²) < 4.78 is 0. The largest absolute Gasteiger partial charge is 0.378 e. The van der Waals surface area contributed by atoms with Crippen LogP contribution in [0.2, 0.25) is 0 Å². The van der Waals surface area contributed by atoms with Gasteiger partial charge in [-0.05, 0) is 36.8 Å². The SMILES string of the molecule is Cc1cccc(CNc2cc(Nc3ccc(N(C)C)cc3)ncn2)c1. The molecule has 0 bridgehead atoms. The lowest BCUT2D eigenvalue weighted by Gasteiger charge is -2.13.